The Morgan fingerprint density at radius 3 is 2.20 bits per heavy atom. The van der Waals surface area contributed by atoms with Crippen LogP contribution in [0.4, 0.5) is 11.4 Å². The first-order valence-electron chi connectivity index (χ1n) is 11.8. The molecule has 2 aliphatic heterocycles. The summed E-state index contributed by atoms with van der Waals surface area (Å²) in [5, 5.41) is 2.86. The Hall–Kier alpha value is -3.72. The molecule has 1 N–H and O–H groups in total. The van der Waals surface area contributed by atoms with Crippen LogP contribution in [0.2, 0.25) is 0 Å². The third-order valence-electron chi connectivity index (χ3n) is 6.38. The topological polar surface area (TPSA) is 99.3 Å². The number of hydrogen-bond acceptors (Lipinski definition) is 6. The summed E-state index contributed by atoms with van der Waals surface area (Å²) in [6, 6.07) is 13.4. The zero-order valence-corrected chi connectivity index (χ0v) is 20.0. The molecule has 0 saturated carbocycles. The van der Waals surface area contributed by atoms with Crippen molar-refractivity contribution in [1.29, 1.82) is 0 Å². The van der Waals surface area contributed by atoms with Gasteiger partial charge in [0.25, 0.3) is 5.91 Å². The lowest BCUT2D eigenvalue weighted by Gasteiger charge is -2.32. The van der Waals surface area contributed by atoms with Crippen molar-refractivity contribution in [1.82, 2.24) is 9.80 Å². The van der Waals surface area contributed by atoms with E-state index in [4.69, 9.17) is 4.74 Å². The van der Waals surface area contributed by atoms with Crippen LogP contribution in [0.1, 0.15) is 34.1 Å². The molecule has 4 rings (SSSR count). The van der Waals surface area contributed by atoms with Crippen molar-refractivity contribution in [3.8, 4) is 0 Å². The zero-order chi connectivity index (χ0) is 24.9. The second-order valence-corrected chi connectivity index (χ2v) is 8.83. The third kappa shape index (κ3) is 5.68. The Morgan fingerprint density at radius 1 is 0.943 bits per heavy atom. The van der Waals surface area contributed by atoms with Gasteiger partial charge in [-0.15, -0.1) is 0 Å². The zero-order valence-electron chi connectivity index (χ0n) is 20.0. The van der Waals surface area contributed by atoms with Gasteiger partial charge in [-0.1, -0.05) is 0 Å². The number of piperazine rings is 1. The maximum absolute atomic E-state index is 12.8. The summed E-state index contributed by atoms with van der Waals surface area (Å²) in [6.45, 7) is 5.39. The smallest absolute Gasteiger partial charge is 0.338 e. The number of hydrogen-bond donors (Lipinski definition) is 1. The summed E-state index contributed by atoms with van der Waals surface area (Å²) in [5.41, 5.74) is 2.20. The lowest BCUT2D eigenvalue weighted by molar-refractivity contribution is -0.122. The van der Waals surface area contributed by atoms with Gasteiger partial charge in [-0.2, -0.15) is 0 Å². The lowest BCUT2D eigenvalue weighted by Crippen LogP contribution is -2.47. The fraction of sp³-hybridized carbons (Fsp3) is 0.385. The van der Waals surface area contributed by atoms with Gasteiger partial charge < -0.3 is 24.8 Å². The van der Waals surface area contributed by atoms with Gasteiger partial charge in [-0.3, -0.25) is 14.4 Å². The molecule has 2 aromatic rings. The van der Waals surface area contributed by atoms with Crippen LogP contribution in [-0.2, 0) is 14.3 Å². The Labute approximate surface area is 204 Å². The Morgan fingerprint density at radius 2 is 1.57 bits per heavy atom. The quantitative estimate of drug-likeness (QED) is 0.640. The van der Waals surface area contributed by atoms with E-state index in [1.807, 2.05) is 11.9 Å². The van der Waals surface area contributed by atoms with Crippen LogP contribution in [-0.4, -0.2) is 79.9 Å². The number of anilines is 2. The largest absolute Gasteiger partial charge is 0.462 e. The second-order valence-electron chi connectivity index (χ2n) is 8.83. The van der Waals surface area contributed by atoms with E-state index in [2.05, 4.69) is 10.2 Å². The summed E-state index contributed by atoms with van der Waals surface area (Å²) in [5.74, 6) is -1.33. The van der Waals surface area contributed by atoms with Crippen molar-refractivity contribution in [2.45, 2.75) is 13.3 Å². The van der Waals surface area contributed by atoms with Crippen LogP contribution in [0.3, 0.4) is 0 Å². The summed E-state index contributed by atoms with van der Waals surface area (Å²) < 4.78 is 4.98. The molecule has 9 heteroatoms. The van der Waals surface area contributed by atoms with E-state index in [1.165, 1.54) is 0 Å². The Bertz CT molecular complexity index is 1090. The summed E-state index contributed by atoms with van der Waals surface area (Å²) in [7, 11) is 2.04. The molecule has 0 spiro atoms. The standard InChI is InChI=1S/C26H30N4O5/c1-3-35-26(34)19-6-10-22(11-7-19)30-17-20(16-23(30)31)24(32)27-21-8-4-18(5-9-21)25(33)29-14-12-28(2)13-15-29/h4-11,20H,3,12-17H2,1-2H3,(H,27,32). The molecule has 184 valence electrons. The molecule has 0 bridgehead atoms. The molecule has 9 nitrogen and oxygen atoms in total. The number of amides is 3. The van der Waals surface area contributed by atoms with E-state index >= 15 is 0 Å². The van der Waals surface area contributed by atoms with E-state index in [0.717, 1.165) is 13.1 Å². The fourth-order valence-electron chi connectivity index (χ4n) is 4.26. The number of benzene rings is 2. The molecule has 3 amide bonds. The molecule has 2 fully saturated rings. The molecule has 0 aromatic heterocycles. The van der Waals surface area contributed by atoms with Crippen LogP contribution in [0.5, 0.6) is 0 Å². The minimum Gasteiger partial charge on any atom is -0.462 e. The summed E-state index contributed by atoms with van der Waals surface area (Å²) in [6.07, 6.45) is 0.103. The maximum atomic E-state index is 12.8. The monoisotopic (exact) mass is 478 g/mol. The summed E-state index contributed by atoms with van der Waals surface area (Å²) >= 11 is 0. The van der Waals surface area contributed by atoms with Crippen molar-refractivity contribution in [3.63, 3.8) is 0 Å². The predicted molar refractivity (Wildman–Crippen MR) is 131 cm³/mol. The van der Waals surface area contributed by atoms with Gasteiger partial charge in [0.05, 0.1) is 18.1 Å². The Kier molecular flexibility index (Phi) is 7.45. The Balaban J connectivity index is 1.33. The molecule has 2 aliphatic rings. The highest BCUT2D eigenvalue weighted by atomic mass is 16.5. The van der Waals surface area contributed by atoms with E-state index in [9.17, 15) is 19.2 Å². The van der Waals surface area contributed by atoms with Crippen molar-refractivity contribution >= 4 is 35.1 Å². The van der Waals surface area contributed by atoms with Gasteiger partial charge in [0.15, 0.2) is 0 Å². The lowest BCUT2D eigenvalue weighted by atomic mass is 10.1. The van der Waals surface area contributed by atoms with E-state index in [-0.39, 0.29) is 37.3 Å². The molecule has 35 heavy (non-hydrogen) atoms. The van der Waals surface area contributed by atoms with Crippen molar-refractivity contribution in [2.24, 2.45) is 5.92 Å². The maximum Gasteiger partial charge on any atom is 0.338 e. The molecular weight excluding hydrogens is 448 g/mol. The van der Waals surface area contributed by atoms with E-state index in [0.29, 0.717) is 35.6 Å². The average molecular weight is 479 g/mol. The minimum absolute atomic E-state index is 0.0121. The number of likely N-dealkylation sites (N-methyl/N-ethyl adjacent to an activating group) is 1. The van der Waals surface area contributed by atoms with Crippen LogP contribution < -0.4 is 10.2 Å². The SMILES string of the molecule is CCOC(=O)c1ccc(N2CC(C(=O)Nc3ccc(C(=O)N4CCN(C)CC4)cc3)CC2=O)cc1. The fourth-order valence-corrected chi connectivity index (χ4v) is 4.26. The number of nitrogens with one attached hydrogen (secondary N) is 1. The third-order valence-corrected chi connectivity index (χ3v) is 6.38. The highest BCUT2D eigenvalue weighted by molar-refractivity contribution is 6.04. The number of carbonyl (C=O) groups is 4. The predicted octanol–water partition coefficient (Wildman–Crippen LogP) is 2.24. The van der Waals surface area contributed by atoms with E-state index < -0.39 is 11.9 Å². The number of nitrogens with zero attached hydrogens (tertiary/aromatic N) is 3. The van der Waals surface area contributed by atoms with Crippen LogP contribution in [0, 0.1) is 5.92 Å². The molecule has 2 heterocycles. The molecule has 1 unspecified atom stereocenters. The summed E-state index contributed by atoms with van der Waals surface area (Å²) in [4.78, 5) is 55.5. The highest BCUT2D eigenvalue weighted by Gasteiger charge is 2.35. The van der Waals surface area contributed by atoms with Gasteiger partial charge >= 0.3 is 5.97 Å². The first-order chi connectivity index (χ1) is 16.9. The first kappa shape index (κ1) is 24.4. The minimum atomic E-state index is -0.501. The normalized spacial score (nSPS) is 18.5. The van der Waals surface area contributed by atoms with Crippen molar-refractivity contribution < 1.29 is 23.9 Å². The van der Waals surface area contributed by atoms with Crippen molar-refractivity contribution in [3.05, 3.63) is 59.7 Å². The second kappa shape index (κ2) is 10.7. The van der Waals surface area contributed by atoms with Crippen LogP contribution >= 0.6 is 0 Å². The molecular formula is C26H30N4O5. The number of ether oxygens (including phenoxy) is 1. The van der Waals surface area contributed by atoms with Gasteiger partial charge in [0, 0.05) is 56.1 Å². The van der Waals surface area contributed by atoms with Gasteiger partial charge in [-0.25, -0.2) is 4.79 Å². The van der Waals surface area contributed by atoms with Gasteiger partial charge in [0.1, 0.15) is 0 Å². The molecule has 0 aliphatic carbocycles. The molecule has 0 radical (unpaired) electrons. The average Bonchev–Trinajstić information content (AvgIpc) is 3.26. The molecule has 1 atom stereocenters. The molecule has 2 saturated heterocycles. The van der Waals surface area contributed by atoms with Crippen LogP contribution in [0.15, 0.2) is 48.5 Å². The molecule has 2 aromatic carbocycles. The van der Waals surface area contributed by atoms with Gasteiger partial charge in [-0.05, 0) is 62.5 Å². The highest BCUT2D eigenvalue weighted by Crippen LogP contribution is 2.26. The van der Waals surface area contributed by atoms with Crippen LogP contribution in [0.25, 0.3) is 0 Å². The number of esters is 1. The first-order valence-corrected chi connectivity index (χ1v) is 11.8. The number of rotatable bonds is 6. The van der Waals surface area contributed by atoms with E-state index in [1.54, 1.807) is 60.4 Å². The van der Waals surface area contributed by atoms with Crippen molar-refractivity contribution in [2.75, 3.05) is 56.6 Å². The number of carbonyl (C=O) groups excluding carboxylic acids is 4. The van der Waals surface area contributed by atoms with Gasteiger partial charge in [0.2, 0.25) is 11.8 Å².